The van der Waals surface area contributed by atoms with Crippen molar-refractivity contribution < 1.29 is 13.9 Å². The molecule has 0 N–H and O–H groups in total. The number of ketones is 1. The van der Waals surface area contributed by atoms with Gasteiger partial charge in [0.25, 0.3) is 0 Å². The molecule has 0 unspecified atom stereocenters. The number of hydrogen-bond acceptors (Lipinski definition) is 2. The summed E-state index contributed by atoms with van der Waals surface area (Å²) in [6.07, 6.45) is 0. The van der Waals surface area contributed by atoms with Crippen LogP contribution in [0.4, 0.5) is 4.39 Å². The summed E-state index contributed by atoms with van der Waals surface area (Å²) in [5.41, 5.74) is 0.263. The quantitative estimate of drug-likeness (QED) is 0.605. The summed E-state index contributed by atoms with van der Waals surface area (Å²) >= 11 is 3.01. The molecule has 0 saturated carbocycles. The fourth-order valence-electron chi connectivity index (χ4n) is 1.01. The maximum absolute atomic E-state index is 13.1. The third-order valence-electron chi connectivity index (χ3n) is 1.59. The molecule has 0 aliphatic carbocycles. The maximum Gasteiger partial charge on any atom is 0.177 e. The molecule has 1 rings (SSSR count). The summed E-state index contributed by atoms with van der Waals surface area (Å²) < 4.78 is 17.8. The lowest BCUT2D eigenvalue weighted by atomic mass is 10.1. The Morgan fingerprint density at radius 3 is 2.85 bits per heavy atom. The highest BCUT2D eigenvalue weighted by Crippen LogP contribution is 2.22. The topological polar surface area (TPSA) is 26.3 Å². The standard InChI is InChI=1S/C9H8BrFO2/c1-13-9-6(8(12)5-10)3-2-4-7(9)11/h2-4H,5H2,1H3. The van der Waals surface area contributed by atoms with Crippen LogP contribution in [0.1, 0.15) is 10.4 Å². The van der Waals surface area contributed by atoms with Gasteiger partial charge in [-0.15, -0.1) is 0 Å². The Hall–Kier alpha value is -0.900. The number of para-hydroxylation sites is 1. The lowest BCUT2D eigenvalue weighted by Gasteiger charge is -2.06. The molecule has 0 fully saturated rings. The zero-order valence-electron chi connectivity index (χ0n) is 7.01. The van der Waals surface area contributed by atoms with E-state index in [1.165, 1.54) is 25.3 Å². The van der Waals surface area contributed by atoms with Crippen molar-refractivity contribution in [3.63, 3.8) is 0 Å². The van der Waals surface area contributed by atoms with Gasteiger partial charge in [-0.05, 0) is 12.1 Å². The van der Waals surface area contributed by atoms with Crippen LogP contribution in [0.5, 0.6) is 5.75 Å². The van der Waals surface area contributed by atoms with Gasteiger partial charge in [-0.1, -0.05) is 22.0 Å². The van der Waals surface area contributed by atoms with E-state index in [-0.39, 0.29) is 22.4 Å². The van der Waals surface area contributed by atoms with Gasteiger partial charge >= 0.3 is 0 Å². The fraction of sp³-hybridized carbons (Fsp3) is 0.222. The van der Waals surface area contributed by atoms with Crippen molar-refractivity contribution in [3.8, 4) is 5.75 Å². The molecular weight excluding hydrogens is 239 g/mol. The van der Waals surface area contributed by atoms with Crippen LogP contribution in [-0.2, 0) is 0 Å². The highest BCUT2D eigenvalue weighted by Gasteiger charge is 2.13. The third-order valence-corrected chi connectivity index (χ3v) is 2.10. The van der Waals surface area contributed by atoms with Gasteiger partial charge in [-0.2, -0.15) is 0 Å². The SMILES string of the molecule is COc1c(F)cccc1C(=O)CBr. The average molecular weight is 247 g/mol. The van der Waals surface area contributed by atoms with Gasteiger partial charge in [0.2, 0.25) is 0 Å². The number of carbonyl (C=O) groups excluding carboxylic acids is 1. The molecule has 0 radical (unpaired) electrons. The molecular formula is C9H8BrFO2. The maximum atomic E-state index is 13.1. The number of benzene rings is 1. The van der Waals surface area contributed by atoms with Crippen LogP contribution < -0.4 is 4.74 Å². The zero-order chi connectivity index (χ0) is 9.84. The lowest BCUT2D eigenvalue weighted by Crippen LogP contribution is -2.04. The molecule has 0 saturated heterocycles. The first-order chi connectivity index (χ1) is 6.20. The van der Waals surface area contributed by atoms with E-state index < -0.39 is 5.82 Å². The Labute approximate surface area is 83.8 Å². The second-order valence-corrected chi connectivity index (χ2v) is 2.94. The molecule has 0 aliphatic heterocycles. The van der Waals surface area contributed by atoms with Gasteiger partial charge in [0.05, 0.1) is 18.0 Å². The number of hydrogen-bond donors (Lipinski definition) is 0. The van der Waals surface area contributed by atoms with E-state index in [2.05, 4.69) is 15.9 Å². The molecule has 0 aliphatic rings. The van der Waals surface area contributed by atoms with E-state index in [1.54, 1.807) is 0 Å². The molecule has 0 bridgehead atoms. The zero-order valence-corrected chi connectivity index (χ0v) is 8.60. The normalized spacial score (nSPS) is 9.77. The summed E-state index contributed by atoms with van der Waals surface area (Å²) in [4.78, 5) is 11.3. The second kappa shape index (κ2) is 4.37. The first-order valence-corrected chi connectivity index (χ1v) is 4.74. The predicted octanol–water partition coefficient (Wildman–Crippen LogP) is 2.41. The minimum atomic E-state index is -0.519. The summed E-state index contributed by atoms with van der Waals surface area (Å²) in [7, 11) is 1.34. The van der Waals surface area contributed by atoms with Crippen LogP contribution in [0, 0.1) is 5.82 Å². The van der Waals surface area contributed by atoms with Crippen molar-refractivity contribution in [2.45, 2.75) is 0 Å². The van der Waals surface area contributed by atoms with E-state index in [9.17, 15) is 9.18 Å². The number of ether oxygens (including phenoxy) is 1. The van der Waals surface area contributed by atoms with Gasteiger partial charge in [-0.3, -0.25) is 4.79 Å². The van der Waals surface area contributed by atoms with Gasteiger partial charge < -0.3 is 4.74 Å². The molecule has 1 aromatic carbocycles. The van der Waals surface area contributed by atoms with Gasteiger partial charge in [0.15, 0.2) is 17.3 Å². The molecule has 0 spiro atoms. The van der Waals surface area contributed by atoms with Crippen LogP contribution in [0.15, 0.2) is 18.2 Å². The smallest absolute Gasteiger partial charge is 0.177 e. The Bertz CT molecular complexity index is 325. The summed E-state index contributed by atoms with van der Waals surface area (Å²) in [5.74, 6) is -0.711. The number of methoxy groups -OCH3 is 1. The Morgan fingerprint density at radius 2 is 2.31 bits per heavy atom. The van der Waals surface area contributed by atoms with Crippen LogP contribution in [-0.4, -0.2) is 18.2 Å². The number of halogens is 2. The number of alkyl halides is 1. The van der Waals surface area contributed by atoms with E-state index >= 15 is 0 Å². The van der Waals surface area contributed by atoms with Crippen molar-refractivity contribution in [2.24, 2.45) is 0 Å². The van der Waals surface area contributed by atoms with Gasteiger partial charge in [-0.25, -0.2) is 4.39 Å². The largest absolute Gasteiger partial charge is 0.493 e. The molecule has 13 heavy (non-hydrogen) atoms. The minimum Gasteiger partial charge on any atom is -0.493 e. The fourth-order valence-corrected chi connectivity index (χ4v) is 1.31. The van der Waals surface area contributed by atoms with E-state index in [1.807, 2.05) is 0 Å². The Kier molecular flexibility index (Phi) is 3.42. The summed E-state index contributed by atoms with van der Waals surface area (Å²) in [6, 6.07) is 4.27. The molecule has 0 heterocycles. The molecule has 4 heteroatoms. The van der Waals surface area contributed by atoms with Crippen LogP contribution in [0.3, 0.4) is 0 Å². The first-order valence-electron chi connectivity index (χ1n) is 3.62. The van der Waals surface area contributed by atoms with Gasteiger partial charge in [0, 0.05) is 0 Å². The minimum absolute atomic E-state index is 0.00644. The Balaban J connectivity index is 3.20. The first kappa shape index (κ1) is 10.2. The summed E-state index contributed by atoms with van der Waals surface area (Å²) in [5, 5.41) is 0.160. The Morgan fingerprint density at radius 1 is 1.62 bits per heavy atom. The van der Waals surface area contributed by atoms with Crippen molar-refractivity contribution in [1.82, 2.24) is 0 Å². The molecule has 1 aromatic rings. The van der Waals surface area contributed by atoms with Crippen LogP contribution >= 0.6 is 15.9 Å². The van der Waals surface area contributed by atoms with Crippen LogP contribution in [0.25, 0.3) is 0 Å². The van der Waals surface area contributed by atoms with Crippen molar-refractivity contribution in [2.75, 3.05) is 12.4 Å². The molecule has 0 amide bonds. The number of rotatable bonds is 3. The van der Waals surface area contributed by atoms with Crippen molar-refractivity contribution in [3.05, 3.63) is 29.6 Å². The summed E-state index contributed by atoms with van der Waals surface area (Å²) in [6.45, 7) is 0. The lowest BCUT2D eigenvalue weighted by molar-refractivity contribution is 0.102. The molecule has 70 valence electrons. The van der Waals surface area contributed by atoms with Crippen molar-refractivity contribution >= 4 is 21.7 Å². The predicted molar refractivity (Wildman–Crippen MR) is 51.1 cm³/mol. The number of carbonyl (C=O) groups is 1. The monoisotopic (exact) mass is 246 g/mol. The highest BCUT2D eigenvalue weighted by atomic mass is 79.9. The van der Waals surface area contributed by atoms with E-state index in [0.717, 1.165) is 0 Å². The second-order valence-electron chi connectivity index (χ2n) is 2.38. The van der Waals surface area contributed by atoms with E-state index in [4.69, 9.17) is 4.74 Å². The third kappa shape index (κ3) is 2.06. The molecule has 0 aromatic heterocycles. The molecule has 0 atom stereocenters. The van der Waals surface area contributed by atoms with Gasteiger partial charge in [0.1, 0.15) is 0 Å². The highest BCUT2D eigenvalue weighted by molar-refractivity contribution is 9.09. The van der Waals surface area contributed by atoms with Crippen molar-refractivity contribution in [1.29, 1.82) is 0 Å². The molecule has 2 nitrogen and oxygen atoms in total. The number of Topliss-reactive ketones (excluding diaryl/α,β-unsaturated/α-hetero) is 1. The average Bonchev–Trinajstić information content (AvgIpc) is 2.16. The van der Waals surface area contributed by atoms with E-state index in [0.29, 0.717) is 0 Å². The van der Waals surface area contributed by atoms with Crippen LogP contribution in [0.2, 0.25) is 0 Å².